The molecule has 0 aromatic carbocycles. The minimum absolute atomic E-state index is 0.489. The van der Waals surface area contributed by atoms with Crippen LogP contribution in [-0.2, 0) is 4.74 Å². The molecule has 1 aliphatic carbocycles. The van der Waals surface area contributed by atoms with Gasteiger partial charge in [0.05, 0.1) is 6.10 Å². The number of thiophene rings is 1. The lowest BCUT2D eigenvalue weighted by Gasteiger charge is -2.37. The zero-order valence-corrected chi connectivity index (χ0v) is 13.5. The predicted octanol–water partition coefficient (Wildman–Crippen LogP) is 4.37. The Kier molecular flexibility index (Phi) is 5.67. The molecule has 0 amide bonds. The van der Waals surface area contributed by atoms with Gasteiger partial charge in [-0.05, 0) is 65.5 Å². The van der Waals surface area contributed by atoms with Gasteiger partial charge in [-0.3, -0.25) is 0 Å². The Bertz CT molecular complexity index is 362. The molecule has 1 aromatic heterocycles. The van der Waals surface area contributed by atoms with Crippen molar-refractivity contribution in [2.75, 3.05) is 13.2 Å². The molecular weight excluding hydrogens is 310 g/mol. The maximum atomic E-state index is 5.64. The third kappa shape index (κ3) is 3.56. The summed E-state index contributed by atoms with van der Waals surface area (Å²) < 4.78 is 6.89. The lowest BCUT2D eigenvalue weighted by atomic mass is 9.77. The third-order valence-corrected chi connectivity index (χ3v) is 5.38. The minimum Gasteiger partial charge on any atom is -0.378 e. The van der Waals surface area contributed by atoms with Crippen LogP contribution in [0.3, 0.4) is 0 Å². The highest BCUT2D eigenvalue weighted by atomic mass is 79.9. The normalized spacial score (nSPS) is 24.8. The zero-order valence-electron chi connectivity index (χ0n) is 11.1. The summed E-state index contributed by atoms with van der Waals surface area (Å²) in [6.45, 7) is 6.13. The summed E-state index contributed by atoms with van der Waals surface area (Å²) >= 11 is 5.42. The highest BCUT2D eigenvalue weighted by Crippen LogP contribution is 2.39. The van der Waals surface area contributed by atoms with Gasteiger partial charge in [-0.1, -0.05) is 6.92 Å². The average Bonchev–Trinajstić information content (AvgIpc) is 2.71. The van der Waals surface area contributed by atoms with E-state index in [4.69, 9.17) is 4.74 Å². The van der Waals surface area contributed by atoms with E-state index >= 15 is 0 Å². The van der Waals surface area contributed by atoms with Gasteiger partial charge in [-0.25, -0.2) is 0 Å². The number of nitrogens with one attached hydrogen (secondary N) is 1. The average molecular weight is 332 g/mol. The first-order valence-corrected chi connectivity index (χ1v) is 8.54. The van der Waals surface area contributed by atoms with Gasteiger partial charge in [-0.15, -0.1) is 0 Å². The first kappa shape index (κ1) is 14.5. The van der Waals surface area contributed by atoms with E-state index in [2.05, 4.69) is 45.9 Å². The van der Waals surface area contributed by atoms with Crippen molar-refractivity contribution in [1.29, 1.82) is 0 Å². The topological polar surface area (TPSA) is 21.3 Å². The molecule has 0 saturated heterocycles. The molecule has 1 heterocycles. The predicted molar refractivity (Wildman–Crippen MR) is 81.2 cm³/mol. The van der Waals surface area contributed by atoms with Crippen molar-refractivity contribution in [2.24, 2.45) is 5.92 Å². The minimum atomic E-state index is 0.489. The first-order chi connectivity index (χ1) is 8.74. The van der Waals surface area contributed by atoms with E-state index in [-0.39, 0.29) is 0 Å². The van der Waals surface area contributed by atoms with Gasteiger partial charge in [0.25, 0.3) is 0 Å². The van der Waals surface area contributed by atoms with Crippen LogP contribution >= 0.6 is 27.3 Å². The number of rotatable bonds is 7. The Morgan fingerprint density at radius 2 is 2.22 bits per heavy atom. The molecular formula is C14H22BrNOS. The Hall–Kier alpha value is 0.100. The summed E-state index contributed by atoms with van der Waals surface area (Å²) in [5.74, 6) is 0.817. The highest BCUT2D eigenvalue weighted by Gasteiger charge is 2.32. The maximum Gasteiger partial charge on any atom is 0.0580 e. The van der Waals surface area contributed by atoms with E-state index in [1.807, 2.05) is 0 Å². The Morgan fingerprint density at radius 1 is 1.44 bits per heavy atom. The molecule has 1 atom stereocenters. The van der Waals surface area contributed by atoms with Gasteiger partial charge in [0.1, 0.15) is 0 Å². The van der Waals surface area contributed by atoms with E-state index < -0.39 is 0 Å². The second kappa shape index (κ2) is 7.04. The molecule has 0 bridgehead atoms. The summed E-state index contributed by atoms with van der Waals surface area (Å²) in [4.78, 5) is 0. The van der Waals surface area contributed by atoms with Crippen molar-refractivity contribution >= 4 is 27.3 Å². The molecule has 1 aliphatic rings. The molecule has 2 nitrogen and oxygen atoms in total. The lowest BCUT2D eigenvalue weighted by Crippen LogP contribution is -2.34. The molecule has 0 spiro atoms. The van der Waals surface area contributed by atoms with E-state index in [9.17, 15) is 0 Å². The van der Waals surface area contributed by atoms with Crippen LogP contribution in [0, 0.1) is 5.92 Å². The summed E-state index contributed by atoms with van der Waals surface area (Å²) in [5.41, 5.74) is 1.42. The van der Waals surface area contributed by atoms with Crippen LogP contribution in [0.4, 0.5) is 0 Å². The van der Waals surface area contributed by atoms with E-state index in [1.54, 1.807) is 11.3 Å². The highest BCUT2D eigenvalue weighted by molar-refractivity contribution is 9.10. The smallest absolute Gasteiger partial charge is 0.0580 e. The van der Waals surface area contributed by atoms with Gasteiger partial charge in [0.2, 0.25) is 0 Å². The van der Waals surface area contributed by atoms with Crippen molar-refractivity contribution in [1.82, 2.24) is 5.32 Å². The van der Waals surface area contributed by atoms with Gasteiger partial charge in [-0.2, -0.15) is 11.3 Å². The van der Waals surface area contributed by atoms with Crippen LogP contribution in [0.5, 0.6) is 0 Å². The number of hydrogen-bond acceptors (Lipinski definition) is 3. The Balaban J connectivity index is 1.87. The summed E-state index contributed by atoms with van der Waals surface area (Å²) in [7, 11) is 0. The van der Waals surface area contributed by atoms with E-state index in [1.165, 1.54) is 29.3 Å². The second-order valence-corrected chi connectivity index (χ2v) is 6.53. The van der Waals surface area contributed by atoms with E-state index in [0.717, 1.165) is 19.1 Å². The molecule has 2 rings (SSSR count). The Labute approximate surface area is 122 Å². The SMILES string of the molecule is CCNC(CC1CC(OCC)C1)c1cscc1Br. The number of halogens is 1. The molecule has 102 valence electrons. The molecule has 18 heavy (non-hydrogen) atoms. The third-order valence-electron chi connectivity index (χ3n) is 3.63. The van der Waals surface area contributed by atoms with Crippen LogP contribution < -0.4 is 5.32 Å². The van der Waals surface area contributed by atoms with Crippen LogP contribution in [0.15, 0.2) is 15.2 Å². The first-order valence-electron chi connectivity index (χ1n) is 6.81. The quantitative estimate of drug-likeness (QED) is 0.801. The second-order valence-electron chi connectivity index (χ2n) is 4.94. The van der Waals surface area contributed by atoms with Gasteiger partial charge in [0, 0.05) is 22.5 Å². The molecule has 1 unspecified atom stereocenters. The van der Waals surface area contributed by atoms with Gasteiger partial charge in [0.15, 0.2) is 0 Å². The Morgan fingerprint density at radius 3 is 2.78 bits per heavy atom. The fraction of sp³-hybridized carbons (Fsp3) is 0.714. The van der Waals surface area contributed by atoms with Crippen LogP contribution in [0.1, 0.15) is 44.7 Å². The summed E-state index contributed by atoms with van der Waals surface area (Å²) in [5, 5.41) is 8.04. The maximum absolute atomic E-state index is 5.64. The van der Waals surface area contributed by atoms with Crippen molar-refractivity contribution in [2.45, 2.75) is 45.3 Å². The molecule has 1 aromatic rings. The van der Waals surface area contributed by atoms with Crippen LogP contribution in [0.2, 0.25) is 0 Å². The van der Waals surface area contributed by atoms with Gasteiger partial charge < -0.3 is 10.1 Å². The van der Waals surface area contributed by atoms with Crippen molar-refractivity contribution in [3.8, 4) is 0 Å². The fourth-order valence-electron chi connectivity index (χ4n) is 2.68. The molecule has 0 aliphatic heterocycles. The van der Waals surface area contributed by atoms with E-state index in [0.29, 0.717) is 12.1 Å². The monoisotopic (exact) mass is 331 g/mol. The van der Waals surface area contributed by atoms with Crippen molar-refractivity contribution in [3.05, 3.63) is 20.8 Å². The molecule has 1 fully saturated rings. The molecule has 4 heteroatoms. The number of ether oxygens (including phenoxy) is 1. The van der Waals surface area contributed by atoms with Crippen LogP contribution in [-0.4, -0.2) is 19.3 Å². The van der Waals surface area contributed by atoms with Gasteiger partial charge >= 0.3 is 0 Å². The molecule has 1 N–H and O–H groups in total. The summed E-state index contributed by atoms with van der Waals surface area (Å²) in [6.07, 6.45) is 4.22. The fourth-order valence-corrected chi connectivity index (χ4v) is 4.31. The largest absolute Gasteiger partial charge is 0.378 e. The van der Waals surface area contributed by atoms with Crippen molar-refractivity contribution < 1.29 is 4.74 Å². The lowest BCUT2D eigenvalue weighted by molar-refractivity contribution is -0.0291. The standard InChI is InChI=1S/C14H22BrNOS/c1-3-16-14(12-8-18-9-13(12)15)7-10-5-11(6-10)17-4-2/h8-11,14,16H,3-7H2,1-2H3. The molecule has 0 radical (unpaired) electrons. The molecule has 1 saturated carbocycles. The van der Waals surface area contributed by atoms with Crippen LogP contribution in [0.25, 0.3) is 0 Å². The summed E-state index contributed by atoms with van der Waals surface area (Å²) in [6, 6.07) is 0.489. The van der Waals surface area contributed by atoms with Crippen molar-refractivity contribution in [3.63, 3.8) is 0 Å². The zero-order chi connectivity index (χ0) is 13.0. The number of hydrogen-bond donors (Lipinski definition) is 1.